The molecule has 2 rings (SSSR count). The topological polar surface area (TPSA) is 42.2 Å². The number of phenols is 1. The van der Waals surface area contributed by atoms with Crippen LogP contribution in [0.4, 0.5) is 0 Å². The van der Waals surface area contributed by atoms with Gasteiger partial charge in [0.15, 0.2) is 5.78 Å². The molecule has 0 bridgehead atoms. The lowest BCUT2D eigenvalue weighted by atomic mass is 9.78. The van der Waals surface area contributed by atoms with Crippen LogP contribution in [0.5, 0.6) is 5.75 Å². The molecule has 23 heavy (non-hydrogen) atoms. The number of aromatic hydroxyl groups is 1. The minimum absolute atomic E-state index is 0.0124. The molecule has 0 amide bonds. The van der Waals surface area contributed by atoms with Crippen LogP contribution in [0.1, 0.15) is 68.6 Å². The highest BCUT2D eigenvalue weighted by molar-refractivity contribution is 6.09. The maximum atomic E-state index is 12.8. The first-order valence-electron chi connectivity index (χ1n) is 7.96. The Morgan fingerprint density at radius 3 is 1.78 bits per heavy atom. The van der Waals surface area contributed by atoms with Crippen molar-refractivity contribution >= 4 is 5.78 Å². The summed E-state index contributed by atoms with van der Waals surface area (Å²) in [6.07, 6.45) is 3.69. The molecule has 2 aromatic rings. The molecule has 3 nitrogen and oxygen atoms in total. The molecule has 0 aliphatic heterocycles. The number of phenolic OH excluding ortho intramolecular Hbond substituents is 1. The molecule has 1 aromatic carbocycles. The van der Waals surface area contributed by atoms with E-state index in [9.17, 15) is 9.90 Å². The second-order valence-corrected chi connectivity index (χ2v) is 8.31. The van der Waals surface area contributed by atoms with Gasteiger partial charge in [0.25, 0.3) is 0 Å². The van der Waals surface area contributed by atoms with Crippen LogP contribution in [0.15, 0.2) is 30.6 Å². The van der Waals surface area contributed by atoms with Gasteiger partial charge in [-0.3, -0.25) is 4.79 Å². The number of ketones is 1. The molecule has 124 valence electrons. The normalized spacial score (nSPS) is 12.5. The fourth-order valence-corrected chi connectivity index (χ4v) is 2.71. The van der Waals surface area contributed by atoms with Gasteiger partial charge in [0.2, 0.25) is 0 Å². The largest absolute Gasteiger partial charge is 0.507 e. The molecule has 0 fully saturated rings. The quantitative estimate of drug-likeness (QED) is 0.826. The molecule has 0 spiro atoms. The number of hydrogen-bond acceptors (Lipinski definition) is 2. The molecular weight excluding hydrogens is 286 g/mol. The van der Waals surface area contributed by atoms with Crippen LogP contribution >= 0.6 is 0 Å². The Bertz CT molecular complexity index is 705. The van der Waals surface area contributed by atoms with Crippen molar-refractivity contribution in [2.24, 2.45) is 7.05 Å². The van der Waals surface area contributed by atoms with Gasteiger partial charge in [0.1, 0.15) is 5.75 Å². The van der Waals surface area contributed by atoms with Gasteiger partial charge in [-0.15, -0.1) is 0 Å². The van der Waals surface area contributed by atoms with Gasteiger partial charge in [-0.05, 0) is 29.0 Å². The van der Waals surface area contributed by atoms with Crippen LogP contribution in [-0.2, 0) is 17.9 Å². The molecule has 0 saturated heterocycles. The van der Waals surface area contributed by atoms with E-state index >= 15 is 0 Å². The molecule has 0 atom stereocenters. The first-order chi connectivity index (χ1) is 10.4. The fraction of sp³-hybridized carbons (Fsp3) is 0.450. The van der Waals surface area contributed by atoms with Crippen molar-refractivity contribution in [2.45, 2.75) is 52.4 Å². The zero-order valence-electron chi connectivity index (χ0n) is 15.2. The van der Waals surface area contributed by atoms with Gasteiger partial charge in [-0.2, -0.15) is 0 Å². The number of benzene rings is 1. The Hall–Kier alpha value is -2.03. The second kappa shape index (κ2) is 5.55. The van der Waals surface area contributed by atoms with Gasteiger partial charge in [0, 0.05) is 41.7 Å². The molecular formula is C20H27NO2. The van der Waals surface area contributed by atoms with E-state index in [-0.39, 0.29) is 16.6 Å². The maximum Gasteiger partial charge on any atom is 0.194 e. The predicted molar refractivity (Wildman–Crippen MR) is 94.4 cm³/mol. The molecule has 0 saturated carbocycles. The van der Waals surface area contributed by atoms with Crippen LogP contribution in [0.3, 0.4) is 0 Å². The summed E-state index contributed by atoms with van der Waals surface area (Å²) in [7, 11) is 1.90. The van der Waals surface area contributed by atoms with E-state index in [1.807, 2.05) is 83.7 Å². The minimum atomic E-state index is -0.239. The maximum absolute atomic E-state index is 12.8. The minimum Gasteiger partial charge on any atom is -0.507 e. The third-order valence-electron chi connectivity index (χ3n) is 4.08. The first kappa shape index (κ1) is 17.3. The van der Waals surface area contributed by atoms with E-state index in [2.05, 4.69) is 0 Å². The average Bonchev–Trinajstić information content (AvgIpc) is 2.82. The van der Waals surface area contributed by atoms with E-state index in [4.69, 9.17) is 0 Å². The van der Waals surface area contributed by atoms with Crippen molar-refractivity contribution in [3.63, 3.8) is 0 Å². The Balaban J connectivity index is 2.67. The lowest BCUT2D eigenvalue weighted by Gasteiger charge is -2.28. The lowest BCUT2D eigenvalue weighted by Crippen LogP contribution is -2.19. The van der Waals surface area contributed by atoms with E-state index in [0.29, 0.717) is 16.9 Å². The molecule has 0 unspecified atom stereocenters. The monoisotopic (exact) mass is 313 g/mol. The molecule has 0 radical (unpaired) electrons. The van der Waals surface area contributed by atoms with E-state index in [0.717, 1.165) is 11.1 Å². The number of nitrogens with zero attached hydrogens (tertiary/aromatic N) is 1. The molecule has 1 N–H and O–H groups in total. The SMILES string of the molecule is Cn1ccc(C(=O)c2cc(C(C)(C)C)c(O)c(C(C)(C)C)c2)c1. The number of aromatic nitrogens is 1. The van der Waals surface area contributed by atoms with Crippen molar-refractivity contribution in [1.29, 1.82) is 0 Å². The van der Waals surface area contributed by atoms with Gasteiger partial charge < -0.3 is 9.67 Å². The van der Waals surface area contributed by atoms with Gasteiger partial charge in [-0.1, -0.05) is 41.5 Å². The van der Waals surface area contributed by atoms with Crippen LogP contribution in [0.2, 0.25) is 0 Å². The smallest absolute Gasteiger partial charge is 0.194 e. The van der Waals surface area contributed by atoms with Crippen LogP contribution < -0.4 is 0 Å². The second-order valence-electron chi connectivity index (χ2n) is 8.31. The van der Waals surface area contributed by atoms with Crippen LogP contribution in [-0.4, -0.2) is 15.5 Å². The Morgan fingerprint density at radius 2 is 1.43 bits per heavy atom. The molecule has 0 aliphatic carbocycles. The number of hydrogen-bond donors (Lipinski definition) is 1. The number of carbonyl (C=O) groups excluding carboxylic acids is 1. The standard InChI is InChI=1S/C20H27NO2/c1-19(2,3)15-10-14(11-16(18(15)23)20(4,5)6)17(22)13-8-9-21(7)12-13/h8-12,23H,1-7H3. The summed E-state index contributed by atoms with van der Waals surface area (Å²) in [5.41, 5.74) is 2.43. The Kier molecular flexibility index (Phi) is 4.18. The highest BCUT2D eigenvalue weighted by Crippen LogP contribution is 2.40. The number of aryl methyl sites for hydroxylation is 1. The first-order valence-corrected chi connectivity index (χ1v) is 7.96. The average molecular weight is 313 g/mol. The zero-order chi connectivity index (χ0) is 17.6. The molecule has 1 aromatic heterocycles. The van der Waals surface area contributed by atoms with Crippen molar-refractivity contribution < 1.29 is 9.90 Å². The highest BCUT2D eigenvalue weighted by atomic mass is 16.3. The summed E-state index contributed by atoms with van der Waals surface area (Å²) in [5, 5.41) is 10.7. The molecule has 3 heteroatoms. The van der Waals surface area contributed by atoms with Crippen molar-refractivity contribution in [3.8, 4) is 5.75 Å². The molecule has 0 aliphatic rings. The number of carbonyl (C=O) groups is 1. The summed E-state index contributed by atoms with van der Waals surface area (Å²) < 4.78 is 1.86. The highest BCUT2D eigenvalue weighted by Gasteiger charge is 2.28. The Labute approximate surface area is 139 Å². The summed E-state index contributed by atoms with van der Waals surface area (Å²) >= 11 is 0. The van der Waals surface area contributed by atoms with E-state index < -0.39 is 0 Å². The van der Waals surface area contributed by atoms with Gasteiger partial charge in [0.05, 0.1) is 0 Å². The number of rotatable bonds is 2. The van der Waals surface area contributed by atoms with Crippen molar-refractivity contribution in [1.82, 2.24) is 4.57 Å². The summed E-state index contributed by atoms with van der Waals surface area (Å²) in [6, 6.07) is 5.49. The summed E-state index contributed by atoms with van der Waals surface area (Å²) in [6.45, 7) is 12.3. The fourth-order valence-electron chi connectivity index (χ4n) is 2.71. The van der Waals surface area contributed by atoms with Gasteiger partial charge >= 0.3 is 0 Å². The molecule has 1 heterocycles. The third kappa shape index (κ3) is 3.49. The summed E-state index contributed by atoms with van der Waals surface area (Å²) in [4.78, 5) is 12.8. The Morgan fingerprint density at radius 1 is 0.957 bits per heavy atom. The van der Waals surface area contributed by atoms with E-state index in [1.54, 1.807) is 0 Å². The van der Waals surface area contributed by atoms with Crippen LogP contribution in [0.25, 0.3) is 0 Å². The summed E-state index contributed by atoms with van der Waals surface area (Å²) in [5.74, 6) is 0.288. The van der Waals surface area contributed by atoms with Crippen molar-refractivity contribution in [2.75, 3.05) is 0 Å². The predicted octanol–water partition coefficient (Wildman–Crippen LogP) is 4.56. The van der Waals surface area contributed by atoms with Crippen LogP contribution in [0, 0.1) is 0 Å². The zero-order valence-corrected chi connectivity index (χ0v) is 15.2. The van der Waals surface area contributed by atoms with E-state index in [1.165, 1.54) is 0 Å². The lowest BCUT2D eigenvalue weighted by molar-refractivity contribution is 0.103. The third-order valence-corrected chi connectivity index (χ3v) is 4.08. The van der Waals surface area contributed by atoms with Gasteiger partial charge in [-0.25, -0.2) is 0 Å². The van der Waals surface area contributed by atoms with Crippen molar-refractivity contribution in [3.05, 3.63) is 52.8 Å².